The van der Waals surface area contributed by atoms with Gasteiger partial charge in [-0.05, 0) is 6.07 Å². The summed E-state index contributed by atoms with van der Waals surface area (Å²) >= 11 is 0. The average Bonchev–Trinajstić information content (AvgIpc) is 2.45. The van der Waals surface area contributed by atoms with Crippen LogP contribution in [0.5, 0.6) is 0 Å². The van der Waals surface area contributed by atoms with Crippen molar-refractivity contribution in [2.45, 2.75) is 0 Å². The van der Waals surface area contributed by atoms with E-state index in [-0.39, 0.29) is 0 Å². The molecule has 0 aliphatic heterocycles. The molecule has 5 nitrogen and oxygen atoms in total. The molecule has 6 heteroatoms. The minimum atomic E-state index is -3.27. The van der Waals surface area contributed by atoms with Crippen LogP contribution in [-0.2, 0) is 10.0 Å². The van der Waals surface area contributed by atoms with Crippen LogP contribution in [0.15, 0.2) is 24.8 Å². The van der Waals surface area contributed by atoms with E-state index in [0.29, 0.717) is 11.0 Å². The summed E-state index contributed by atoms with van der Waals surface area (Å²) in [4.78, 5) is 7.76. The fourth-order valence-corrected chi connectivity index (χ4v) is 1.82. The molecule has 0 bridgehead atoms. The Labute approximate surface area is 75.1 Å². The zero-order valence-corrected chi connectivity index (χ0v) is 7.69. The van der Waals surface area contributed by atoms with Gasteiger partial charge in [-0.2, -0.15) is 0 Å². The molecule has 2 aromatic rings. The zero-order chi connectivity index (χ0) is 9.47. The van der Waals surface area contributed by atoms with E-state index < -0.39 is 10.0 Å². The van der Waals surface area contributed by atoms with Gasteiger partial charge in [-0.25, -0.2) is 17.4 Å². The summed E-state index contributed by atoms with van der Waals surface area (Å²) in [6.45, 7) is 0. The highest BCUT2D eigenvalue weighted by molar-refractivity contribution is 7.89. The van der Waals surface area contributed by atoms with Crippen molar-refractivity contribution in [3.63, 3.8) is 0 Å². The van der Waals surface area contributed by atoms with E-state index >= 15 is 0 Å². The van der Waals surface area contributed by atoms with Crippen LogP contribution < -0.4 is 0 Å². The van der Waals surface area contributed by atoms with Crippen LogP contribution in [0.3, 0.4) is 0 Å². The molecule has 0 fully saturated rings. The van der Waals surface area contributed by atoms with Gasteiger partial charge >= 0.3 is 0 Å². The summed E-state index contributed by atoms with van der Waals surface area (Å²) in [6, 6.07) is 1.66. The number of hydrogen-bond donors (Lipinski definition) is 0. The third-order valence-electron chi connectivity index (χ3n) is 1.67. The van der Waals surface area contributed by atoms with E-state index in [9.17, 15) is 8.42 Å². The summed E-state index contributed by atoms with van der Waals surface area (Å²) in [5, 5.41) is 0. The van der Waals surface area contributed by atoms with Crippen molar-refractivity contribution in [2.24, 2.45) is 0 Å². The SMILES string of the molecule is CS(=O)(=O)n1cnc2ccncc21. The normalized spacial score (nSPS) is 12.1. The van der Waals surface area contributed by atoms with Crippen molar-refractivity contribution in [1.29, 1.82) is 0 Å². The number of fused-ring (bicyclic) bond motifs is 1. The maximum Gasteiger partial charge on any atom is 0.237 e. The molecule has 2 rings (SSSR count). The van der Waals surface area contributed by atoms with Gasteiger partial charge in [-0.1, -0.05) is 0 Å². The molecule has 0 aliphatic carbocycles. The third kappa shape index (κ3) is 1.29. The molecular weight excluding hydrogens is 190 g/mol. The predicted octanol–water partition coefficient (Wildman–Crippen LogP) is 0.239. The Kier molecular flexibility index (Phi) is 1.59. The first kappa shape index (κ1) is 8.18. The van der Waals surface area contributed by atoms with Crippen molar-refractivity contribution in [3.05, 3.63) is 24.8 Å². The molecule has 0 atom stereocenters. The van der Waals surface area contributed by atoms with Gasteiger partial charge < -0.3 is 0 Å². The lowest BCUT2D eigenvalue weighted by Crippen LogP contribution is -2.08. The molecule has 0 N–H and O–H groups in total. The topological polar surface area (TPSA) is 64.8 Å². The fraction of sp³-hybridized carbons (Fsp3) is 0.143. The van der Waals surface area contributed by atoms with Crippen LogP contribution in [0.2, 0.25) is 0 Å². The first-order valence-corrected chi connectivity index (χ1v) is 5.41. The molecule has 2 aromatic heterocycles. The van der Waals surface area contributed by atoms with Gasteiger partial charge in [0.25, 0.3) is 0 Å². The van der Waals surface area contributed by atoms with Crippen LogP contribution in [-0.4, -0.2) is 28.6 Å². The highest BCUT2D eigenvalue weighted by Crippen LogP contribution is 2.11. The lowest BCUT2D eigenvalue weighted by Gasteiger charge is -1.97. The van der Waals surface area contributed by atoms with Crippen molar-refractivity contribution in [1.82, 2.24) is 13.9 Å². The van der Waals surface area contributed by atoms with Gasteiger partial charge in [0.2, 0.25) is 10.0 Å². The molecule has 68 valence electrons. The minimum Gasteiger partial charge on any atom is -0.262 e. The number of aromatic nitrogens is 3. The predicted molar refractivity (Wildman–Crippen MR) is 47.8 cm³/mol. The Balaban J connectivity index is 2.87. The Hall–Kier alpha value is -1.43. The third-order valence-corrected chi connectivity index (χ3v) is 2.68. The number of imidazole rings is 1. The lowest BCUT2D eigenvalue weighted by atomic mass is 10.4. The van der Waals surface area contributed by atoms with Crippen molar-refractivity contribution in [2.75, 3.05) is 6.26 Å². The van der Waals surface area contributed by atoms with E-state index in [4.69, 9.17) is 0 Å². The first-order chi connectivity index (χ1) is 6.09. The molecule has 0 saturated heterocycles. The summed E-state index contributed by atoms with van der Waals surface area (Å²) < 4.78 is 23.5. The van der Waals surface area contributed by atoms with Gasteiger partial charge in [0.1, 0.15) is 11.8 Å². The van der Waals surface area contributed by atoms with Crippen molar-refractivity contribution < 1.29 is 8.42 Å². The zero-order valence-electron chi connectivity index (χ0n) is 6.88. The van der Waals surface area contributed by atoms with E-state index in [0.717, 1.165) is 10.2 Å². The maximum atomic E-state index is 11.2. The van der Waals surface area contributed by atoms with Crippen molar-refractivity contribution >= 4 is 21.1 Å². The van der Waals surface area contributed by atoms with Crippen LogP contribution in [0.25, 0.3) is 11.0 Å². The summed E-state index contributed by atoms with van der Waals surface area (Å²) in [6.07, 6.45) is 5.45. The monoisotopic (exact) mass is 197 g/mol. The molecule has 0 aromatic carbocycles. The molecule has 0 amide bonds. The maximum absolute atomic E-state index is 11.2. The molecule has 13 heavy (non-hydrogen) atoms. The van der Waals surface area contributed by atoms with Gasteiger partial charge in [0, 0.05) is 6.20 Å². The Bertz CT molecular complexity index is 544. The highest BCUT2D eigenvalue weighted by atomic mass is 32.2. The van der Waals surface area contributed by atoms with Gasteiger partial charge in [-0.15, -0.1) is 0 Å². The Morgan fingerprint density at radius 1 is 1.46 bits per heavy atom. The molecule has 0 radical (unpaired) electrons. The fourth-order valence-electron chi connectivity index (χ4n) is 1.10. The molecule has 2 heterocycles. The number of pyridine rings is 1. The second-order valence-corrected chi connectivity index (χ2v) is 4.53. The lowest BCUT2D eigenvalue weighted by molar-refractivity contribution is 0.595. The second-order valence-electron chi connectivity index (χ2n) is 2.67. The summed E-state index contributed by atoms with van der Waals surface area (Å²) in [7, 11) is -3.27. The standard InChI is InChI=1S/C7H7N3O2S/c1-13(11,12)10-5-9-6-2-3-8-4-7(6)10/h2-5H,1H3. The highest BCUT2D eigenvalue weighted by Gasteiger charge is 2.09. The number of rotatable bonds is 1. The van der Waals surface area contributed by atoms with Crippen LogP contribution in [0.4, 0.5) is 0 Å². The quantitative estimate of drug-likeness (QED) is 0.656. The summed E-state index contributed by atoms with van der Waals surface area (Å²) in [5.74, 6) is 0. The van der Waals surface area contributed by atoms with E-state index in [1.165, 1.54) is 12.5 Å². The van der Waals surface area contributed by atoms with Gasteiger partial charge in [0.05, 0.1) is 18.0 Å². The smallest absolute Gasteiger partial charge is 0.237 e. The van der Waals surface area contributed by atoms with Crippen LogP contribution >= 0.6 is 0 Å². The van der Waals surface area contributed by atoms with E-state index in [2.05, 4.69) is 9.97 Å². The summed E-state index contributed by atoms with van der Waals surface area (Å²) in [5.41, 5.74) is 1.13. The van der Waals surface area contributed by atoms with Gasteiger partial charge in [0.15, 0.2) is 0 Å². The van der Waals surface area contributed by atoms with E-state index in [1.807, 2.05) is 0 Å². The molecule has 0 aliphatic rings. The molecule has 0 spiro atoms. The van der Waals surface area contributed by atoms with Crippen LogP contribution in [0.1, 0.15) is 0 Å². The van der Waals surface area contributed by atoms with Crippen LogP contribution in [0, 0.1) is 0 Å². The average molecular weight is 197 g/mol. The minimum absolute atomic E-state index is 0.505. The molecule has 0 unspecified atom stereocenters. The molecule has 0 saturated carbocycles. The first-order valence-electron chi connectivity index (χ1n) is 3.56. The Morgan fingerprint density at radius 3 is 2.92 bits per heavy atom. The van der Waals surface area contributed by atoms with Crippen molar-refractivity contribution in [3.8, 4) is 0 Å². The Morgan fingerprint density at radius 2 is 2.23 bits per heavy atom. The number of hydrogen-bond acceptors (Lipinski definition) is 4. The van der Waals surface area contributed by atoms with Gasteiger partial charge in [-0.3, -0.25) is 4.98 Å². The largest absolute Gasteiger partial charge is 0.262 e. The number of nitrogens with zero attached hydrogens (tertiary/aromatic N) is 3. The van der Waals surface area contributed by atoms with E-state index in [1.54, 1.807) is 12.3 Å². The second kappa shape index (κ2) is 2.53. The molecular formula is C7H7N3O2S.